The highest BCUT2D eigenvalue weighted by molar-refractivity contribution is 5.88. The van der Waals surface area contributed by atoms with Crippen LogP contribution in [0, 0.1) is 17.5 Å². The Labute approximate surface area is 151 Å². The molecule has 3 heterocycles. The summed E-state index contributed by atoms with van der Waals surface area (Å²) in [7, 11) is 0. The topological polar surface area (TPSA) is 75.9 Å². The van der Waals surface area contributed by atoms with Crippen molar-refractivity contribution in [1.29, 1.82) is 0 Å². The fourth-order valence-corrected chi connectivity index (χ4v) is 3.20. The Kier molecular flexibility index (Phi) is 4.25. The Bertz CT molecular complexity index is 907. The predicted octanol–water partition coefficient (Wildman–Crippen LogP) is 2.18. The summed E-state index contributed by atoms with van der Waals surface area (Å²) in [6, 6.07) is 1.60. The van der Waals surface area contributed by atoms with Crippen molar-refractivity contribution < 1.29 is 32.0 Å². The van der Waals surface area contributed by atoms with Crippen LogP contribution in [-0.4, -0.2) is 41.8 Å². The van der Waals surface area contributed by atoms with Crippen molar-refractivity contribution >= 4 is 17.9 Å². The van der Waals surface area contributed by atoms with Crippen LogP contribution in [0.5, 0.6) is 0 Å². The molecule has 0 N–H and O–H groups in total. The number of hydrogen-bond acceptors (Lipinski definition) is 5. The van der Waals surface area contributed by atoms with Gasteiger partial charge in [-0.15, -0.1) is 0 Å². The van der Waals surface area contributed by atoms with Gasteiger partial charge in [0.15, 0.2) is 17.5 Å². The summed E-state index contributed by atoms with van der Waals surface area (Å²) in [5.41, 5.74) is 1.29. The molecule has 27 heavy (non-hydrogen) atoms. The van der Waals surface area contributed by atoms with Gasteiger partial charge in [0.1, 0.15) is 6.61 Å². The molecule has 7 nitrogen and oxygen atoms in total. The number of nitrogens with zero attached hydrogens (tertiary/aromatic N) is 3. The summed E-state index contributed by atoms with van der Waals surface area (Å²) < 4.78 is 49.9. The van der Waals surface area contributed by atoms with Crippen LogP contribution in [0.25, 0.3) is 0 Å². The fourth-order valence-electron chi connectivity index (χ4n) is 3.20. The van der Waals surface area contributed by atoms with Gasteiger partial charge in [0.05, 0.1) is 30.8 Å². The number of cyclic esters (lactones) is 1. The third kappa shape index (κ3) is 3.11. The molecule has 0 spiro atoms. The molecule has 10 heteroatoms. The third-order valence-corrected chi connectivity index (χ3v) is 4.57. The van der Waals surface area contributed by atoms with Crippen LogP contribution in [0.15, 0.2) is 16.7 Å². The van der Waals surface area contributed by atoms with Gasteiger partial charge in [-0.3, -0.25) is 4.79 Å². The second-order valence-corrected chi connectivity index (χ2v) is 6.29. The quantitative estimate of drug-likeness (QED) is 0.762. The summed E-state index contributed by atoms with van der Waals surface area (Å²) in [6.45, 7) is 1.04. The highest BCUT2D eigenvalue weighted by Crippen LogP contribution is 2.31. The lowest BCUT2D eigenvalue weighted by Crippen LogP contribution is -2.37. The molecule has 1 saturated heterocycles. The summed E-state index contributed by atoms with van der Waals surface area (Å²) in [5, 5.41) is 3.94. The Hall–Kier alpha value is -3.04. The Morgan fingerprint density at radius 3 is 2.59 bits per heavy atom. The maximum absolute atomic E-state index is 13.3. The number of carbonyl (C=O) groups is 2. The predicted molar refractivity (Wildman–Crippen MR) is 84.3 cm³/mol. The number of anilines is 1. The van der Waals surface area contributed by atoms with Crippen molar-refractivity contribution in [1.82, 2.24) is 10.1 Å². The van der Waals surface area contributed by atoms with Gasteiger partial charge in [0, 0.05) is 13.0 Å². The number of rotatable bonds is 3. The normalized spacial score (nSPS) is 16.5. The van der Waals surface area contributed by atoms with E-state index in [1.807, 2.05) is 0 Å². The van der Waals surface area contributed by atoms with E-state index < -0.39 is 23.5 Å². The molecule has 0 radical (unpaired) electrons. The van der Waals surface area contributed by atoms with Crippen molar-refractivity contribution in [2.75, 3.05) is 24.6 Å². The first kappa shape index (κ1) is 17.4. The van der Waals surface area contributed by atoms with Crippen molar-refractivity contribution in [3.8, 4) is 0 Å². The SMILES string of the molecule is O=C(Cc1cc(F)c(F)c(F)c1)N1CCc2noc(N3CCOC3=O)c2C1. The van der Waals surface area contributed by atoms with Gasteiger partial charge in [-0.25, -0.2) is 22.9 Å². The number of benzene rings is 1. The van der Waals surface area contributed by atoms with E-state index in [4.69, 9.17) is 9.26 Å². The van der Waals surface area contributed by atoms with Gasteiger partial charge in [0.2, 0.25) is 11.8 Å². The van der Waals surface area contributed by atoms with E-state index in [0.717, 1.165) is 12.1 Å². The van der Waals surface area contributed by atoms with Crippen LogP contribution in [0.3, 0.4) is 0 Å². The molecule has 2 aromatic rings. The fraction of sp³-hybridized carbons (Fsp3) is 0.353. The minimum atomic E-state index is -1.57. The Morgan fingerprint density at radius 2 is 1.93 bits per heavy atom. The molecule has 0 bridgehead atoms. The highest BCUT2D eigenvalue weighted by atomic mass is 19.2. The zero-order valence-corrected chi connectivity index (χ0v) is 14.0. The number of amides is 2. The second kappa shape index (κ2) is 6.60. The molecule has 1 aromatic carbocycles. The van der Waals surface area contributed by atoms with E-state index in [0.29, 0.717) is 30.8 Å². The van der Waals surface area contributed by atoms with Crippen molar-refractivity contribution in [3.05, 3.63) is 46.4 Å². The third-order valence-electron chi connectivity index (χ3n) is 4.57. The van der Waals surface area contributed by atoms with Crippen LogP contribution in [0.1, 0.15) is 16.8 Å². The number of aromatic nitrogens is 1. The average molecular weight is 381 g/mol. The van der Waals surface area contributed by atoms with Crippen molar-refractivity contribution in [2.24, 2.45) is 0 Å². The summed E-state index contributed by atoms with van der Waals surface area (Å²) >= 11 is 0. The second-order valence-electron chi connectivity index (χ2n) is 6.29. The van der Waals surface area contributed by atoms with Crippen molar-refractivity contribution in [2.45, 2.75) is 19.4 Å². The molecule has 1 aromatic heterocycles. The zero-order chi connectivity index (χ0) is 19.1. The minimum Gasteiger partial charge on any atom is -0.447 e. The molecule has 0 aliphatic carbocycles. The summed E-state index contributed by atoms with van der Waals surface area (Å²) in [5.74, 6) is -4.40. The lowest BCUT2D eigenvalue weighted by Gasteiger charge is -2.27. The van der Waals surface area contributed by atoms with E-state index in [1.54, 1.807) is 0 Å². The minimum absolute atomic E-state index is 0.0378. The van der Waals surface area contributed by atoms with E-state index in [-0.39, 0.29) is 36.9 Å². The number of halogens is 3. The molecule has 0 unspecified atom stereocenters. The lowest BCUT2D eigenvalue weighted by atomic mass is 10.1. The number of carbonyl (C=O) groups excluding carboxylic acids is 2. The molecule has 2 aliphatic heterocycles. The molecule has 4 rings (SSSR count). The Morgan fingerprint density at radius 1 is 1.19 bits per heavy atom. The lowest BCUT2D eigenvalue weighted by molar-refractivity contribution is -0.131. The van der Waals surface area contributed by atoms with Gasteiger partial charge in [-0.05, 0) is 17.7 Å². The molecule has 142 valence electrons. The standard InChI is InChI=1S/C17H14F3N3O4/c18-11-5-9(6-12(19)15(11)20)7-14(24)22-2-1-13-10(8-22)16(27-21-13)23-3-4-26-17(23)25/h5-6H,1-4,7-8H2. The summed E-state index contributed by atoms with van der Waals surface area (Å²) in [4.78, 5) is 27.1. The largest absolute Gasteiger partial charge is 0.447 e. The maximum atomic E-state index is 13.3. The molecule has 0 atom stereocenters. The summed E-state index contributed by atoms with van der Waals surface area (Å²) in [6.07, 6.45) is -0.412. The van der Waals surface area contributed by atoms with E-state index in [2.05, 4.69) is 5.16 Å². The zero-order valence-electron chi connectivity index (χ0n) is 14.0. The van der Waals surface area contributed by atoms with E-state index >= 15 is 0 Å². The molecule has 2 amide bonds. The average Bonchev–Trinajstić information content (AvgIpc) is 3.24. The van der Waals surface area contributed by atoms with Crippen LogP contribution in [-0.2, 0) is 28.9 Å². The highest BCUT2D eigenvalue weighted by Gasteiger charge is 2.34. The monoisotopic (exact) mass is 381 g/mol. The number of fused-ring (bicyclic) bond motifs is 1. The van der Waals surface area contributed by atoms with Crippen LogP contribution >= 0.6 is 0 Å². The smallest absolute Gasteiger partial charge is 0.416 e. The van der Waals surface area contributed by atoms with E-state index in [1.165, 1.54) is 9.80 Å². The van der Waals surface area contributed by atoms with Gasteiger partial charge in [-0.1, -0.05) is 5.16 Å². The van der Waals surface area contributed by atoms with E-state index in [9.17, 15) is 22.8 Å². The molecular weight excluding hydrogens is 367 g/mol. The number of hydrogen-bond donors (Lipinski definition) is 0. The maximum Gasteiger partial charge on any atom is 0.416 e. The van der Waals surface area contributed by atoms with Gasteiger partial charge in [0.25, 0.3) is 0 Å². The van der Waals surface area contributed by atoms with Gasteiger partial charge < -0.3 is 14.2 Å². The Balaban J connectivity index is 1.51. The van der Waals surface area contributed by atoms with Crippen LogP contribution in [0.4, 0.5) is 23.8 Å². The van der Waals surface area contributed by atoms with Crippen molar-refractivity contribution in [3.63, 3.8) is 0 Å². The van der Waals surface area contributed by atoms with Gasteiger partial charge in [-0.2, -0.15) is 0 Å². The first-order valence-corrected chi connectivity index (χ1v) is 8.27. The first-order chi connectivity index (χ1) is 12.9. The van der Waals surface area contributed by atoms with Crippen LogP contribution < -0.4 is 4.90 Å². The molecule has 2 aliphatic rings. The van der Waals surface area contributed by atoms with Crippen LogP contribution in [0.2, 0.25) is 0 Å². The van der Waals surface area contributed by atoms with Gasteiger partial charge >= 0.3 is 6.09 Å². The first-order valence-electron chi connectivity index (χ1n) is 8.27. The number of ether oxygens (including phenoxy) is 1. The molecule has 1 fully saturated rings. The molecule has 0 saturated carbocycles. The molecular formula is C17H14F3N3O4.